The van der Waals surface area contributed by atoms with Crippen LogP contribution in [0.2, 0.25) is 0 Å². The van der Waals surface area contributed by atoms with Gasteiger partial charge >= 0.3 is 10.5 Å². The Balaban J connectivity index is 0. The topological polar surface area (TPSA) is 54.4 Å². The summed E-state index contributed by atoms with van der Waals surface area (Å²) in [6.45, 7) is 0. The van der Waals surface area contributed by atoms with E-state index in [1.54, 1.807) is 0 Å². The molecule has 1 radical (unpaired) electrons. The van der Waals surface area contributed by atoms with E-state index in [1.165, 1.54) is 0 Å². The molecule has 0 heterocycles. The van der Waals surface area contributed by atoms with Gasteiger partial charge in [0.05, 0.1) is 0 Å². The van der Waals surface area contributed by atoms with E-state index in [1.807, 2.05) is 0 Å². The zero-order chi connectivity index (χ0) is 4.50. The van der Waals surface area contributed by atoms with Crippen LogP contribution in [-0.2, 0) is 10.5 Å². The molecular formula is HFLaO3S. The van der Waals surface area contributed by atoms with E-state index < -0.39 is 10.5 Å². The SMILES string of the molecule is O=S(=O)(O)F.[La]. The molecule has 0 aliphatic heterocycles. The third-order valence-corrected chi connectivity index (χ3v) is 0. The van der Waals surface area contributed by atoms with E-state index >= 15 is 0 Å². The van der Waals surface area contributed by atoms with Crippen molar-refractivity contribution in [1.29, 1.82) is 0 Å². The maximum atomic E-state index is 10.2. The molecule has 0 aliphatic carbocycles. The summed E-state index contributed by atoms with van der Waals surface area (Å²) < 4.78 is 34.1. The minimum absolute atomic E-state index is 0. The number of halogens is 1. The Bertz CT molecular complexity index is 94.0. The first-order valence-electron chi connectivity index (χ1n) is 0.670. The Kier molecular flexibility index (Phi) is 5.21. The van der Waals surface area contributed by atoms with Gasteiger partial charge in [0.15, 0.2) is 0 Å². The second kappa shape index (κ2) is 3.09. The molecule has 0 aliphatic rings. The Morgan fingerprint density at radius 1 is 1.50 bits per heavy atom. The Morgan fingerprint density at radius 3 is 1.50 bits per heavy atom. The van der Waals surface area contributed by atoms with Crippen molar-refractivity contribution in [2.24, 2.45) is 0 Å². The summed E-state index contributed by atoms with van der Waals surface area (Å²) in [5.74, 6) is 0. The predicted octanol–water partition coefficient (Wildman–Crippen LogP) is -0.241. The fraction of sp³-hybridized carbons (Fsp3) is 0. The van der Waals surface area contributed by atoms with Crippen molar-refractivity contribution in [3.8, 4) is 0 Å². The van der Waals surface area contributed by atoms with Gasteiger partial charge in [-0.15, -0.1) is 0 Å². The summed E-state index contributed by atoms with van der Waals surface area (Å²) in [7, 11) is -5.17. The molecule has 1 N–H and O–H groups in total. The van der Waals surface area contributed by atoms with Crippen LogP contribution in [0.4, 0.5) is 3.89 Å². The monoisotopic (exact) mass is 239 g/mol. The minimum Gasteiger partial charge on any atom is -0.260 e. The van der Waals surface area contributed by atoms with Crippen LogP contribution in [0.5, 0.6) is 0 Å². The van der Waals surface area contributed by atoms with Crippen molar-refractivity contribution in [2.75, 3.05) is 0 Å². The molecule has 35 valence electrons. The first-order valence-corrected chi connectivity index (χ1v) is 2.01. The van der Waals surface area contributed by atoms with Crippen LogP contribution >= 0.6 is 0 Å². The first-order chi connectivity index (χ1) is 2.00. The van der Waals surface area contributed by atoms with E-state index in [2.05, 4.69) is 0 Å². The fourth-order valence-corrected chi connectivity index (χ4v) is 0. The second-order valence-corrected chi connectivity index (χ2v) is 1.24. The smallest absolute Gasteiger partial charge is 0.260 e. The van der Waals surface area contributed by atoms with Crippen molar-refractivity contribution < 1.29 is 52.5 Å². The molecule has 0 amide bonds. The average Bonchev–Trinajstić information content (AvgIpc) is 0.722. The number of rotatable bonds is 0. The van der Waals surface area contributed by atoms with Crippen LogP contribution in [0.25, 0.3) is 0 Å². The fourth-order valence-electron chi connectivity index (χ4n) is 0. The molecule has 6 heavy (non-hydrogen) atoms. The molecular weight excluding hydrogens is 238 g/mol. The Morgan fingerprint density at radius 2 is 1.50 bits per heavy atom. The van der Waals surface area contributed by atoms with Crippen molar-refractivity contribution in [1.82, 2.24) is 0 Å². The standard InChI is InChI=1S/FHO3S.La/c1-5(2,3)4;/h(H,2,3,4);. The quantitative estimate of drug-likeness (QED) is 0.468. The van der Waals surface area contributed by atoms with E-state index in [0.29, 0.717) is 0 Å². The van der Waals surface area contributed by atoms with Crippen molar-refractivity contribution in [3.05, 3.63) is 0 Å². The maximum absolute atomic E-state index is 10.2. The maximum Gasteiger partial charge on any atom is 0.435 e. The van der Waals surface area contributed by atoms with E-state index in [0.717, 1.165) is 0 Å². The van der Waals surface area contributed by atoms with Crippen molar-refractivity contribution in [2.45, 2.75) is 0 Å². The Labute approximate surface area is 62.6 Å². The largest absolute Gasteiger partial charge is 0.435 e. The van der Waals surface area contributed by atoms with Crippen molar-refractivity contribution in [3.63, 3.8) is 0 Å². The third-order valence-electron chi connectivity index (χ3n) is 0. The molecule has 0 aromatic heterocycles. The molecule has 0 unspecified atom stereocenters. The van der Waals surface area contributed by atoms with Gasteiger partial charge in [-0.05, 0) is 0 Å². The molecule has 0 spiro atoms. The molecule has 0 atom stereocenters. The zero-order valence-electron chi connectivity index (χ0n) is 2.63. The van der Waals surface area contributed by atoms with Gasteiger partial charge in [-0.1, -0.05) is 3.89 Å². The summed E-state index contributed by atoms with van der Waals surface area (Å²) in [6.07, 6.45) is 0. The van der Waals surface area contributed by atoms with Gasteiger partial charge in [-0.25, -0.2) is 0 Å². The number of hydrogen-bond donors (Lipinski definition) is 1. The van der Waals surface area contributed by atoms with Gasteiger partial charge in [0.2, 0.25) is 0 Å². The minimum atomic E-state index is -5.17. The van der Waals surface area contributed by atoms with Crippen molar-refractivity contribution >= 4 is 10.5 Å². The molecule has 0 saturated heterocycles. The van der Waals surface area contributed by atoms with Crippen LogP contribution in [0, 0.1) is 35.6 Å². The summed E-state index contributed by atoms with van der Waals surface area (Å²) in [5, 5.41) is 0. The van der Waals surface area contributed by atoms with E-state index in [4.69, 9.17) is 13.0 Å². The van der Waals surface area contributed by atoms with Crippen LogP contribution in [-0.4, -0.2) is 13.0 Å². The third kappa shape index (κ3) is 76.5. The van der Waals surface area contributed by atoms with Gasteiger partial charge in [-0.2, -0.15) is 8.42 Å². The summed E-state index contributed by atoms with van der Waals surface area (Å²) in [6, 6.07) is 0. The van der Waals surface area contributed by atoms with Gasteiger partial charge in [0, 0.05) is 35.6 Å². The summed E-state index contributed by atoms with van der Waals surface area (Å²) >= 11 is 0. The molecule has 0 bridgehead atoms. The zero-order valence-corrected chi connectivity index (χ0v) is 7.07. The summed E-state index contributed by atoms with van der Waals surface area (Å²) in [5.41, 5.74) is 0. The predicted molar refractivity (Wildman–Crippen MR) is 12.7 cm³/mol. The summed E-state index contributed by atoms with van der Waals surface area (Å²) in [4.78, 5) is 0. The van der Waals surface area contributed by atoms with Crippen LogP contribution in [0.15, 0.2) is 0 Å². The molecule has 0 aromatic rings. The van der Waals surface area contributed by atoms with Crippen LogP contribution < -0.4 is 0 Å². The molecule has 0 saturated carbocycles. The molecule has 0 fully saturated rings. The number of hydrogen-bond acceptors (Lipinski definition) is 2. The first kappa shape index (κ1) is 10.1. The normalized spacial score (nSPS) is 9.67. The van der Waals surface area contributed by atoms with Gasteiger partial charge in [-0.3, -0.25) is 4.55 Å². The molecule has 0 rings (SSSR count). The molecule has 6 heteroatoms. The van der Waals surface area contributed by atoms with Crippen LogP contribution in [0.3, 0.4) is 0 Å². The van der Waals surface area contributed by atoms with E-state index in [9.17, 15) is 3.89 Å². The average molecular weight is 239 g/mol. The van der Waals surface area contributed by atoms with E-state index in [-0.39, 0.29) is 35.6 Å². The van der Waals surface area contributed by atoms with Gasteiger partial charge in [0.1, 0.15) is 0 Å². The van der Waals surface area contributed by atoms with Crippen LogP contribution in [0.1, 0.15) is 0 Å². The second-order valence-electron chi connectivity index (χ2n) is 0.412. The molecule has 3 nitrogen and oxygen atoms in total. The molecule has 0 aromatic carbocycles. The van der Waals surface area contributed by atoms with Gasteiger partial charge < -0.3 is 0 Å². The van der Waals surface area contributed by atoms with Gasteiger partial charge in [0.25, 0.3) is 0 Å². The Hall–Kier alpha value is 1.03.